The van der Waals surface area contributed by atoms with E-state index in [4.69, 9.17) is 4.74 Å². The van der Waals surface area contributed by atoms with E-state index in [2.05, 4.69) is 11.4 Å². The summed E-state index contributed by atoms with van der Waals surface area (Å²) >= 11 is 0. The predicted octanol–water partition coefficient (Wildman–Crippen LogP) is 3.22. The molecule has 0 aliphatic carbocycles. The van der Waals surface area contributed by atoms with Crippen LogP contribution in [-0.4, -0.2) is 25.8 Å². The van der Waals surface area contributed by atoms with Crippen molar-refractivity contribution in [3.05, 3.63) is 35.4 Å². The third-order valence-corrected chi connectivity index (χ3v) is 4.44. The zero-order valence-corrected chi connectivity index (χ0v) is 13.2. The molecule has 1 aromatic rings. The average Bonchev–Trinajstić information content (AvgIpc) is 2.93. The molecule has 0 spiro atoms. The minimum absolute atomic E-state index is 0.0309. The Hall–Kier alpha value is -1.51. The molecule has 5 heteroatoms. The first-order valence-electron chi connectivity index (χ1n) is 7.52. The Balaban J connectivity index is 1.98. The third kappa shape index (κ3) is 3.82. The summed E-state index contributed by atoms with van der Waals surface area (Å²) in [6.07, 6.45) is 0. The molecule has 0 bridgehead atoms. The summed E-state index contributed by atoms with van der Waals surface area (Å²) < 4.78 is 32.1. The summed E-state index contributed by atoms with van der Waals surface area (Å²) in [5.41, 5.74) is 0.155. The van der Waals surface area contributed by atoms with Gasteiger partial charge in [0.25, 0.3) is 0 Å². The van der Waals surface area contributed by atoms with Gasteiger partial charge in [0.1, 0.15) is 11.6 Å². The molecule has 3 atom stereocenters. The van der Waals surface area contributed by atoms with E-state index >= 15 is 0 Å². The normalized spacial score (nSPS) is 23.3. The maximum atomic E-state index is 13.3. The first kappa shape index (κ1) is 16.9. The summed E-state index contributed by atoms with van der Waals surface area (Å²) in [5.74, 6) is -1.05. The Kier molecular flexibility index (Phi) is 5.15. The number of nitriles is 1. The Morgan fingerprint density at radius 2 is 1.95 bits per heavy atom. The van der Waals surface area contributed by atoms with Crippen LogP contribution in [0.4, 0.5) is 8.78 Å². The van der Waals surface area contributed by atoms with Gasteiger partial charge in [-0.15, -0.1) is 0 Å². The van der Waals surface area contributed by atoms with Gasteiger partial charge in [0, 0.05) is 24.6 Å². The van der Waals surface area contributed by atoms with Gasteiger partial charge in [-0.05, 0) is 37.5 Å². The highest BCUT2D eigenvalue weighted by atomic mass is 19.1. The molecular formula is C17H22F2N2O. The van der Waals surface area contributed by atoms with Crippen LogP contribution in [0.5, 0.6) is 0 Å². The van der Waals surface area contributed by atoms with Crippen molar-refractivity contribution in [3.8, 4) is 6.07 Å². The lowest BCUT2D eigenvalue weighted by molar-refractivity contribution is 0.164. The molecule has 0 radical (unpaired) electrons. The minimum atomic E-state index is -0.561. The number of nitrogens with zero attached hydrogens (tertiary/aromatic N) is 1. The van der Waals surface area contributed by atoms with Crippen LogP contribution in [0.1, 0.15) is 32.3 Å². The SMILES string of the molecule is CC(CNC1COCC1C(C)(C)C#N)c1cc(F)cc(F)c1. The fourth-order valence-electron chi connectivity index (χ4n) is 2.86. The van der Waals surface area contributed by atoms with E-state index in [1.54, 1.807) is 0 Å². The van der Waals surface area contributed by atoms with Crippen molar-refractivity contribution in [2.45, 2.75) is 32.7 Å². The first-order valence-corrected chi connectivity index (χ1v) is 7.52. The van der Waals surface area contributed by atoms with Crippen LogP contribution in [0.25, 0.3) is 0 Å². The van der Waals surface area contributed by atoms with Gasteiger partial charge in [-0.3, -0.25) is 0 Å². The molecule has 1 fully saturated rings. The maximum Gasteiger partial charge on any atom is 0.126 e. The van der Waals surface area contributed by atoms with E-state index in [9.17, 15) is 14.0 Å². The zero-order valence-electron chi connectivity index (χ0n) is 13.2. The fourth-order valence-corrected chi connectivity index (χ4v) is 2.86. The lowest BCUT2D eigenvalue weighted by Gasteiger charge is -2.29. The van der Waals surface area contributed by atoms with E-state index in [0.29, 0.717) is 25.3 Å². The van der Waals surface area contributed by atoms with Gasteiger partial charge in [0.2, 0.25) is 0 Å². The quantitative estimate of drug-likeness (QED) is 0.908. The number of benzene rings is 1. The molecule has 1 aromatic carbocycles. The molecule has 22 heavy (non-hydrogen) atoms. The van der Waals surface area contributed by atoms with E-state index in [0.717, 1.165) is 6.07 Å². The van der Waals surface area contributed by atoms with Crippen molar-refractivity contribution in [1.82, 2.24) is 5.32 Å². The molecule has 1 aliphatic rings. The molecule has 1 heterocycles. The number of ether oxygens (including phenoxy) is 1. The molecule has 0 saturated carbocycles. The van der Waals surface area contributed by atoms with Crippen molar-refractivity contribution < 1.29 is 13.5 Å². The van der Waals surface area contributed by atoms with Gasteiger partial charge in [-0.25, -0.2) is 8.78 Å². The third-order valence-electron chi connectivity index (χ3n) is 4.44. The number of hydrogen-bond acceptors (Lipinski definition) is 3. The van der Waals surface area contributed by atoms with Crippen LogP contribution in [-0.2, 0) is 4.74 Å². The summed E-state index contributed by atoms with van der Waals surface area (Å²) in [7, 11) is 0. The molecule has 2 rings (SSSR count). The standard InChI is InChI=1S/C17H22F2N2O/c1-11(12-4-13(18)6-14(19)5-12)7-21-16-9-22-8-15(16)17(2,3)10-20/h4-6,11,15-16,21H,7-9H2,1-3H3. The van der Waals surface area contributed by atoms with Crippen molar-refractivity contribution >= 4 is 0 Å². The monoisotopic (exact) mass is 308 g/mol. The molecule has 0 amide bonds. The number of halogens is 2. The second kappa shape index (κ2) is 6.72. The Morgan fingerprint density at radius 1 is 1.32 bits per heavy atom. The van der Waals surface area contributed by atoms with Crippen LogP contribution in [0, 0.1) is 34.3 Å². The van der Waals surface area contributed by atoms with Gasteiger partial charge in [0.05, 0.1) is 24.7 Å². The topological polar surface area (TPSA) is 45.0 Å². The predicted molar refractivity (Wildman–Crippen MR) is 80.3 cm³/mol. The molecule has 0 aromatic heterocycles. The molecule has 3 nitrogen and oxygen atoms in total. The van der Waals surface area contributed by atoms with Crippen molar-refractivity contribution in [2.24, 2.45) is 11.3 Å². The highest BCUT2D eigenvalue weighted by Gasteiger charge is 2.40. The molecule has 1 saturated heterocycles. The average molecular weight is 308 g/mol. The Bertz CT molecular complexity index is 548. The van der Waals surface area contributed by atoms with Gasteiger partial charge < -0.3 is 10.1 Å². The van der Waals surface area contributed by atoms with Gasteiger partial charge >= 0.3 is 0 Å². The van der Waals surface area contributed by atoms with E-state index < -0.39 is 17.0 Å². The largest absolute Gasteiger partial charge is 0.379 e. The van der Waals surface area contributed by atoms with E-state index in [1.807, 2.05) is 20.8 Å². The summed E-state index contributed by atoms with van der Waals surface area (Å²) in [6.45, 7) is 7.43. The molecule has 120 valence electrons. The summed E-state index contributed by atoms with van der Waals surface area (Å²) in [5, 5.41) is 12.7. The summed E-state index contributed by atoms with van der Waals surface area (Å²) in [4.78, 5) is 0. The highest BCUT2D eigenvalue weighted by molar-refractivity contribution is 5.21. The van der Waals surface area contributed by atoms with Crippen LogP contribution in [0.3, 0.4) is 0 Å². The lowest BCUT2D eigenvalue weighted by atomic mass is 9.77. The molecule has 1 aliphatic heterocycles. The van der Waals surface area contributed by atoms with E-state index in [1.165, 1.54) is 12.1 Å². The van der Waals surface area contributed by atoms with Crippen LogP contribution in [0.2, 0.25) is 0 Å². The smallest absolute Gasteiger partial charge is 0.126 e. The lowest BCUT2D eigenvalue weighted by Crippen LogP contribution is -2.43. The second-order valence-electron chi connectivity index (χ2n) is 6.60. The Labute approximate surface area is 130 Å². The summed E-state index contributed by atoms with van der Waals surface area (Å²) in [6, 6.07) is 6.00. The highest BCUT2D eigenvalue weighted by Crippen LogP contribution is 2.33. The minimum Gasteiger partial charge on any atom is -0.379 e. The van der Waals surface area contributed by atoms with Crippen molar-refractivity contribution in [2.75, 3.05) is 19.8 Å². The molecular weight excluding hydrogens is 286 g/mol. The number of hydrogen-bond donors (Lipinski definition) is 1. The van der Waals surface area contributed by atoms with Gasteiger partial charge in [0.15, 0.2) is 0 Å². The van der Waals surface area contributed by atoms with Crippen LogP contribution in [0.15, 0.2) is 18.2 Å². The number of nitrogens with one attached hydrogen (secondary N) is 1. The zero-order chi connectivity index (χ0) is 16.3. The van der Waals surface area contributed by atoms with Gasteiger partial charge in [-0.1, -0.05) is 6.92 Å². The van der Waals surface area contributed by atoms with Crippen molar-refractivity contribution in [3.63, 3.8) is 0 Å². The fraction of sp³-hybridized carbons (Fsp3) is 0.588. The Morgan fingerprint density at radius 3 is 2.55 bits per heavy atom. The van der Waals surface area contributed by atoms with Crippen LogP contribution >= 0.6 is 0 Å². The second-order valence-corrected chi connectivity index (χ2v) is 6.60. The van der Waals surface area contributed by atoms with E-state index in [-0.39, 0.29) is 17.9 Å². The first-order chi connectivity index (χ1) is 10.3. The molecule has 3 unspecified atom stereocenters. The van der Waals surface area contributed by atoms with Crippen LogP contribution < -0.4 is 5.32 Å². The van der Waals surface area contributed by atoms with Gasteiger partial charge in [-0.2, -0.15) is 5.26 Å². The van der Waals surface area contributed by atoms with Crippen molar-refractivity contribution in [1.29, 1.82) is 5.26 Å². The number of rotatable bonds is 5. The molecule has 1 N–H and O–H groups in total. The maximum absolute atomic E-state index is 13.3.